The van der Waals surface area contributed by atoms with Crippen molar-refractivity contribution in [2.75, 3.05) is 6.54 Å². The molecule has 0 aliphatic heterocycles. The number of carboxylic acid groups (broad SMARTS) is 1. The van der Waals surface area contributed by atoms with E-state index in [4.69, 9.17) is 5.11 Å². The van der Waals surface area contributed by atoms with E-state index in [1.807, 2.05) is 0 Å². The second-order valence-electron chi connectivity index (χ2n) is 3.41. The Morgan fingerprint density at radius 1 is 1.46 bits per heavy atom. The Morgan fingerprint density at radius 2 is 2.00 bits per heavy atom. The van der Waals surface area contributed by atoms with Gasteiger partial charge in [0.2, 0.25) is 5.91 Å². The van der Waals surface area contributed by atoms with Crippen molar-refractivity contribution in [1.29, 1.82) is 0 Å². The predicted molar refractivity (Wildman–Crippen MR) is 49.2 cm³/mol. The summed E-state index contributed by atoms with van der Waals surface area (Å²) in [6.07, 6.45) is 2.96. The minimum atomic E-state index is -0.923. The Bertz CT molecular complexity index is 231. The van der Waals surface area contributed by atoms with Gasteiger partial charge in [0, 0.05) is 6.54 Å². The molecule has 0 unspecified atom stereocenters. The number of carbonyl (C=O) groups is 2. The van der Waals surface area contributed by atoms with Gasteiger partial charge in [-0.25, -0.2) is 0 Å². The van der Waals surface area contributed by atoms with E-state index in [1.165, 1.54) is 6.08 Å². The van der Waals surface area contributed by atoms with Gasteiger partial charge in [-0.05, 0) is 26.8 Å². The van der Waals surface area contributed by atoms with Gasteiger partial charge in [-0.3, -0.25) is 9.59 Å². The molecule has 0 saturated heterocycles. The highest BCUT2D eigenvalue weighted by Gasteiger charge is 2.26. The van der Waals surface area contributed by atoms with Gasteiger partial charge in [0.25, 0.3) is 0 Å². The molecule has 2 N–H and O–H groups in total. The van der Waals surface area contributed by atoms with Gasteiger partial charge in [0.15, 0.2) is 0 Å². The fourth-order valence-corrected chi connectivity index (χ4v) is 0.594. The lowest BCUT2D eigenvalue weighted by atomic mass is 9.94. The van der Waals surface area contributed by atoms with Gasteiger partial charge in [-0.2, -0.15) is 0 Å². The second-order valence-corrected chi connectivity index (χ2v) is 3.41. The second kappa shape index (κ2) is 4.64. The molecule has 4 nitrogen and oxygen atoms in total. The highest BCUT2D eigenvalue weighted by molar-refractivity contribution is 5.87. The summed E-state index contributed by atoms with van der Waals surface area (Å²) in [4.78, 5) is 21.5. The SMILES string of the molecule is C/C=C/C(=O)NCC(C)(C)C(=O)O. The molecule has 0 atom stereocenters. The minimum absolute atomic E-state index is 0.130. The van der Waals surface area contributed by atoms with Crippen molar-refractivity contribution in [3.8, 4) is 0 Å². The van der Waals surface area contributed by atoms with Crippen LogP contribution in [-0.2, 0) is 9.59 Å². The Morgan fingerprint density at radius 3 is 2.38 bits per heavy atom. The molecule has 4 heteroatoms. The van der Waals surface area contributed by atoms with Crippen molar-refractivity contribution >= 4 is 11.9 Å². The molecule has 13 heavy (non-hydrogen) atoms. The lowest BCUT2D eigenvalue weighted by Crippen LogP contribution is -2.38. The Hall–Kier alpha value is -1.32. The third kappa shape index (κ3) is 4.30. The number of allylic oxidation sites excluding steroid dienone is 1. The van der Waals surface area contributed by atoms with Crippen LogP contribution in [0, 0.1) is 5.41 Å². The zero-order chi connectivity index (χ0) is 10.5. The van der Waals surface area contributed by atoms with Gasteiger partial charge in [0.05, 0.1) is 5.41 Å². The summed E-state index contributed by atoms with van der Waals surface area (Å²) < 4.78 is 0. The zero-order valence-electron chi connectivity index (χ0n) is 8.13. The van der Waals surface area contributed by atoms with Gasteiger partial charge in [-0.1, -0.05) is 6.08 Å². The summed E-state index contributed by atoms with van der Waals surface area (Å²) in [5.74, 6) is -1.19. The summed E-state index contributed by atoms with van der Waals surface area (Å²) >= 11 is 0. The zero-order valence-corrected chi connectivity index (χ0v) is 8.13. The van der Waals surface area contributed by atoms with Gasteiger partial charge in [-0.15, -0.1) is 0 Å². The van der Waals surface area contributed by atoms with Crippen LogP contribution in [0.2, 0.25) is 0 Å². The molecule has 74 valence electrons. The first-order valence-corrected chi connectivity index (χ1v) is 4.04. The van der Waals surface area contributed by atoms with Crippen LogP contribution in [0.5, 0.6) is 0 Å². The fraction of sp³-hybridized carbons (Fsp3) is 0.556. The average Bonchev–Trinajstić information content (AvgIpc) is 2.01. The highest BCUT2D eigenvalue weighted by atomic mass is 16.4. The molecular weight excluding hydrogens is 170 g/mol. The van der Waals surface area contributed by atoms with Crippen LogP contribution in [-0.4, -0.2) is 23.5 Å². The maximum absolute atomic E-state index is 10.9. The maximum Gasteiger partial charge on any atom is 0.310 e. The molecule has 0 heterocycles. The summed E-state index contributed by atoms with van der Waals surface area (Å²) in [5.41, 5.74) is -0.919. The van der Waals surface area contributed by atoms with E-state index in [0.717, 1.165) is 0 Å². The predicted octanol–water partition coefficient (Wildman–Crippen LogP) is 0.790. The molecule has 1 amide bonds. The molecule has 0 saturated carbocycles. The first kappa shape index (κ1) is 11.7. The highest BCUT2D eigenvalue weighted by Crippen LogP contribution is 2.12. The summed E-state index contributed by atoms with van der Waals surface area (Å²) in [7, 11) is 0. The number of hydrogen-bond acceptors (Lipinski definition) is 2. The van der Waals surface area contributed by atoms with Crippen molar-refractivity contribution in [1.82, 2.24) is 5.32 Å². The molecule has 0 bridgehead atoms. The molecular formula is C9H15NO3. The van der Waals surface area contributed by atoms with Crippen LogP contribution in [0.25, 0.3) is 0 Å². The first-order valence-electron chi connectivity index (χ1n) is 4.04. The van der Waals surface area contributed by atoms with Crippen molar-refractivity contribution in [2.24, 2.45) is 5.41 Å². The van der Waals surface area contributed by atoms with E-state index in [-0.39, 0.29) is 12.5 Å². The normalized spacial score (nSPS) is 11.6. The Labute approximate surface area is 77.6 Å². The number of carboxylic acids is 1. The average molecular weight is 185 g/mol. The van der Waals surface area contributed by atoms with Crippen LogP contribution in [0.3, 0.4) is 0 Å². The fourth-order valence-electron chi connectivity index (χ4n) is 0.594. The first-order chi connectivity index (χ1) is 5.90. The van der Waals surface area contributed by atoms with Gasteiger partial charge in [0.1, 0.15) is 0 Å². The monoisotopic (exact) mass is 185 g/mol. The van der Waals surface area contributed by atoms with Gasteiger partial charge < -0.3 is 10.4 Å². The van der Waals surface area contributed by atoms with Crippen molar-refractivity contribution in [3.63, 3.8) is 0 Å². The summed E-state index contributed by atoms with van der Waals surface area (Å²) in [5, 5.41) is 11.2. The van der Waals surface area contributed by atoms with Crippen LogP contribution >= 0.6 is 0 Å². The van der Waals surface area contributed by atoms with E-state index in [9.17, 15) is 9.59 Å². The third-order valence-electron chi connectivity index (χ3n) is 1.60. The molecule has 0 radical (unpaired) electrons. The standard InChI is InChI=1S/C9H15NO3/c1-4-5-7(11)10-6-9(2,3)8(12)13/h4-5H,6H2,1-3H3,(H,10,11)(H,12,13)/b5-4+. The molecule has 0 aromatic carbocycles. The largest absolute Gasteiger partial charge is 0.481 e. The topological polar surface area (TPSA) is 66.4 Å². The van der Waals surface area contributed by atoms with Crippen LogP contribution < -0.4 is 5.32 Å². The smallest absolute Gasteiger partial charge is 0.310 e. The number of hydrogen-bond donors (Lipinski definition) is 2. The lowest BCUT2D eigenvalue weighted by molar-refractivity contribution is -0.146. The number of rotatable bonds is 4. The van der Waals surface area contributed by atoms with Gasteiger partial charge >= 0.3 is 5.97 Å². The Kier molecular flexibility index (Phi) is 4.17. The quantitative estimate of drug-likeness (QED) is 0.636. The van der Waals surface area contributed by atoms with E-state index in [0.29, 0.717) is 0 Å². The van der Waals surface area contributed by atoms with Crippen molar-refractivity contribution in [3.05, 3.63) is 12.2 Å². The van der Waals surface area contributed by atoms with Crippen LogP contribution in [0.1, 0.15) is 20.8 Å². The van der Waals surface area contributed by atoms with Crippen LogP contribution in [0.4, 0.5) is 0 Å². The van der Waals surface area contributed by atoms with Crippen LogP contribution in [0.15, 0.2) is 12.2 Å². The lowest BCUT2D eigenvalue weighted by Gasteiger charge is -2.18. The number of carbonyl (C=O) groups excluding carboxylic acids is 1. The van der Waals surface area contributed by atoms with E-state index >= 15 is 0 Å². The maximum atomic E-state index is 10.9. The van der Waals surface area contributed by atoms with Crippen molar-refractivity contribution in [2.45, 2.75) is 20.8 Å². The van der Waals surface area contributed by atoms with Crippen molar-refractivity contribution < 1.29 is 14.7 Å². The molecule has 0 aromatic heterocycles. The Balaban J connectivity index is 4.02. The number of aliphatic carboxylic acids is 1. The summed E-state index contributed by atoms with van der Waals surface area (Å²) in [6.45, 7) is 4.98. The molecule has 0 aromatic rings. The van der Waals surface area contributed by atoms with E-state index < -0.39 is 11.4 Å². The molecule has 0 spiro atoms. The third-order valence-corrected chi connectivity index (χ3v) is 1.60. The number of amides is 1. The molecule has 0 aliphatic carbocycles. The number of nitrogens with one attached hydrogen (secondary N) is 1. The molecule has 0 aliphatic rings. The summed E-state index contributed by atoms with van der Waals surface area (Å²) in [6, 6.07) is 0. The molecule has 0 fully saturated rings. The molecule has 0 rings (SSSR count). The van der Waals surface area contributed by atoms with E-state index in [1.54, 1.807) is 26.8 Å². The van der Waals surface area contributed by atoms with E-state index in [2.05, 4.69) is 5.32 Å². The minimum Gasteiger partial charge on any atom is -0.481 e.